The Kier molecular flexibility index (Phi) is 7.54. The second-order valence-electron chi connectivity index (χ2n) is 10.8. The number of hydrogen-bond acceptors (Lipinski definition) is 6. The minimum absolute atomic E-state index is 0.103. The average Bonchev–Trinajstić information content (AvgIpc) is 3.73. The van der Waals surface area contributed by atoms with Crippen molar-refractivity contribution < 1.29 is 9.53 Å². The Morgan fingerprint density at radius 2 is 1.45 bits per heavy atom. The number of nitrogens with one attached hydrogen (secondary N) is 1. The number of ether oxygens (including phenoxy) is 1. The molecule has 198 valence electrons. The fourth-order valence-corrected chi connectivity index (χ4v) is 5.72. The summed E-state index contributed by atoms with van der Waals surface area (Å²) in [5.41, 5.74) is 3.09. The molecule has 1 amide bonds. The first-order valence-electron chi connectivity index (χ1n) is 14.1. The van der Waals surface area contributed by atoms with E-state index >= 15 is 0 Å². The van der Waals surface area contributed by atoms with Crippen LogP contribution >= 0.6 is 0 Å². The zero-order valence-corrected chi connectivity index (χ0v) is 22.0. The minimum atomic E-state index is -0.103. The third-order valence-corrected chi connectivity index (χ3v) is 8.00. The van der Waals surface area contributed by atoms with Crippen LogP contribution in [0.5, 0.6) is 0 Å². The van der Waals surface area contributed by atoms with Crippen LogP contribution in [0.25, 0.3) is 0 Å². The molecular formula is C31H37N5O2. The molecule has 7 nitrogen and oxygen atoms in total. The first kappa shape index (κ1) is 24.9. The molecule has 1 N–H and O–H groups in total. The van der Waals surface area contributed by atoms with E-state index in [4.69, 9.17) is 14.7 Å². The Labute approximate surface area is 225 Å². The van der Waals surface area contributed by atoms with E-state index in [0.29, 0.717) is 30.8 Å². The molecule has 3 aromatic rings. The van der Waals surface area contributed by atoms with Crippen LogP contribution in [0.1, 0.15) is 47.3 Å². The van der Waals surface area contributed by atoms with Gasteiger partial charge in [0.2, 0.25) is 5.95 Å². The van der Waals surface area contributed by atoms with Crippen LogP contribution in [-0.2, 0) is 17.6 Å². The van der Waals surface area contributed by atoms with Crippen molar-refractivity contribution >= 4 is 17.7 Å². The molecule has 0 bridgehead atoms. The van der Waals surface area contributed by atoms with Gasteiger partial charge in [0, 0.05) is 37.8 Å². The maximum absolute atomic E-state index is 13.3. The summed E-state index contributed by atoms with van der Waals surface area (Å²) < 4.78 is 5.59. The normalized spacial score (nSPS) is 21.5. The second kappa shape index (κ2) is 11.5. The summed E-state index contributed by atoms with van der Waals surface area (Å²) in [6, 6.07) is 23.8. The number of carbonyl (C=O) groups excluding carboxylic acids is 1. The van der Waals surface area contributed by atoms with Crippen LogP contribution < -0.4 is 15.1 Å². The van der Waals surface area contributed by atoms with Crippen LogP contribution in [-0.4, -0.2) is 60.8 Å². The molecule has 2 saturated heterocycles. The topological polar surface area (TPSA) is 70.6 Å². The highest BCUT2D eigenvalue weighted by atomic mass is 16.5. The lowest BCUT2D eigenvalue weighted by atomic mass is 10.0. The van der Waals surface area contributed by atoms with Gasteiger partial charge in [0.15, 0.2) is 0 Å². The largest absolute Gasteiger partial charge is 0.378 e. The highest BCUT2D eigenvalue weighted by molar-refractivity contribution is 5.93. The van der Waals surface area contributed by atoms with E-state index in [1.807, 2.05) is 6.07 Å². The molecule has 2 aliphatic heterocycles. The Morgan fingerprint density at radius 3 is 2.03 bits per heavy atom. The van der Waals surface area contributed by atoms with Gasteiger partial charge in [-0.2, -0.15) is 4.98 Å². The summed E-state index contributed by atoms with van der Waals surface area (Å²) in [5.74, 6) is 2.00. The smallest absolute Gasteiger partial charge is 0.270 e. The molecule has 0 radical (unpaired) electrons. The number of aromatic nitrogens is 2. The quantitative estimate of drug-likeness (QED) is 0.463. The van der Waals surface area contributed by atoms with Crippen LogP contribution in [0.4, 0.5) is 11.8 Å². The van der Waals surface area contributed by atoms with Crippen LogP contribution in [0, 0.1) is 5.92 Å². The molecule has 6 rings (SSSR count). The number of anilines is 2. The number of benzene rings is 2. The van der Waals surface area contributed by atoms with Crippen LogP contribution in [0.15, 0.2) is 66.7 Å². The lowest BCUT2D eigenvalue weighted by Gasteiger charge is -2.33. The fraction of sp³-hybridized carbons (Fsp3) is 0.452. The highest BCUT2D eigenvalue weighted by Gasteiger charge is 2.36. The van der Waals surface area contributed by atoms with Gasteiger partial charge >= 0.3 is 0 Å². The van der Waals surface area contributed by atoms with Crippen molar-refractivity contribution in [2.45, 2.75) is 50.6 Å². The van der Waals surface area contributed by atoms with Crippen molar-refractivity contribution in [1.29, 1.82) is 0 Å². The van der Waals surface area contributed by atoms with E-state index in [1.54, 1.807) is 0 Å². The summed E-state index contributed by atoms with van der Waals surface area (Å²) >= 11 is 0. The number of morpholine rings is 1. The van der Waals surface area contributed by atoms with E-state index in [-0.39, 0.29) is 18.0 Å². The Balaban J connectivity index is 1.35. The lowest BCUT2D eigenvalue weighted by molar-refractivity contribution is 0.0946. The SMILES string of the molecule is O=C(NCC1CC1)c1cc(N2CCOCC2)nc(N2C(Cc3ccccc3)CCC2Cc2ccccc2)n1. The van der Waals surface area contributed by atoms with Gasteiger partial charge in [-0.25, -0.2) is 4.98 Å². The van der Waals surface area contributed by atoms with Gasteiger partial charge in [0.25, 0.3) is 5.91 Å². The van der Waals surface area contributed by atoms with Crippen molar-refractivity contribution in [3.8, 4) is 0 Å². The molecule has 1 saturated carbocycles. The van der Waals surface area contributed by atoms with Gasteiger partial charge in [-0.15, -0.1) is 0 Å². The van der Waals surface area contributed by atoms with Gasteiger partial charge in [-0.1, -0.05) is 60.7 Å². The summed E-state index contributed by atoms with van der Waals surface area (Å²) in [7, 11) is 0. The van der Waals surface area contributed by atoms with Crippen molar-refractivity contribution in [2.75, 3.05) is 42.6 Å². The van der Waals surface area contributed by atoms with Crippen molar-refractivity contribution in [1.82, 2.24) is 15.3 Å². The van der Waals surface area contributed by atoms with E-state index in [1.165, 1.54) is 24.0 Å². The van der Waals surface area contributed by atoms with Gasteiger partial charge in [0.1, 0.15) is 11.5 Å². The molecule has 2 atom stereocenters. The van der Waals surface area contributed by atoms with E-state index in [0.717, 1.165) is 51.1 Å². The number of amides is 1. The first-order valence-corrected chi connectivity index (χ1v) is 14.1. The number of rotatable bonds is 9. The monoisotopic (exact) mass is 511 g/mol. The molecule has 3 fully saturated rings. The Bertz CT molecular complexity index is 1160. The average molecular weight is 512 g/mol. The maximum Gasteiger partial charge on any atom is 0.270 e. The van der Waals surface area contributed by atoms with Gasteiger partial charge in [-0.3, -0.25) is 4.79 Å². The predicted molar refractivity (Wildman–Crippen MR) is 150 cm³/mol. The molecule has 1 aliphatic carbocycles. The Hall–Kier alpha value is -3.45. The van der Waals surface area contributed by atoms with Crippen molar-refractivity contribution in [2.24, 2.45) is 5.92 Å². The van der Waals surface area contributed by atoms with Crippen LogP contribution in [0.3, 0.4) is 0 Å². The second-order valence-corrected chi connectivity index (χ2v) is 10.8. The molecule has 2 aromatic carbocycles. The summed E-state index contributed by atoms with van der Waals surface area (Å²) in [6.45, 7) is 3.59. The first-order chi connectivity index (χ1) is 18.7. The maximum atomic E-state index is 13.3. The van der Waals surface area contributed by atoms with Gasteiger partial charge in [-0.05, 0) is 55.6 Å². The van der Waals surface area contributed by atoms with Crippen LogP contribution in [0.2, 0.25) is 0 Å². The molecule has 0 spiro atoms. The predicted octanol–water partition coefficient (Wildman–Crippen LogP) is 4.28. The fourth-order valence-electron chi connectivity index (χ4n) is 5.72. The van der Waals surface area contributed by atoms with Gasteiger partial charge < -0.3 is 19.9 Å². The van der Waals surface area contributed by atoms with Gasteiger partial charge in [0.05, 0.1) is 13.2 Å². The molecule has 1 aromatic heterocycles. The standard InChI is InChI=1S/C31H37N5O2/c37-30(32-22-25-11-12-25)28-21-29(35-15-17-38-18-16-35)34-31(33-28)36-26(19-23-7-3-1-4-8-23)13-14-27(36)20-24-9-5-2-6-10-24/h1-10,21,25-27H,11-20,22H2,(H,32,37). The molecule has 2 unspecified atom stereocenters. The van der Waals surface area contributed by atoms with E-state index in [2.05, 4.69) is 75.8 Å². The molecule has 3 aliphatic rings. The molecular weight excluding hydrogens is 474 g/mol. The Morgan fingerprint density at radius 1 is 0.842 bits per heavy atom. The van der Waals surface area contributed by atoms with Crippen molar-refractivity contribution in [3.05, 3.63) is 83.6 Å². The molecule has 7 heteroatoms. The molecule has 3 heterocycles. The number of hydrogen-bond donors (Lipinski definition) is 1. The molecule has 38 heavy (non-hydrogen) atoms. The van der Waals surface area contributed by atoms with E-state index < -0.39 is 0 Å². The zero-order chi connectivity index (χ0) is 25.7. The minimum Gasteiger partial charge on any atom is -0.378 e. The zero-order valence-electron chi connectivity index (χ0n) is 22.0. The summed E-state index contributed by atoms with van der Waals surface area (Å²) in [6.07, 6.45) is 6.40. The lowest BCUT2D eigenvalue weighted by Crippen LogP contribution is -2.41. The van der Waals surface area contributed by atoms with E-state index in [9.17, 15) is 4.79 Å². The van der Waals surface area contributed by atoms with Crippen molar-refractivity contribution in [3.63, 3.8) is 0 Å². The summed E-state index contributed by atoms with van der Waals surface area (Å²) in [5, 5.41) is 3.12. The third kappa shape index (κ3) is 5.99. The number of carbonyl (C=O) groups is 1. The highest BCUT2D eigenvalue weighted by Crippen LogP contribution is 2.34. The summed E-state index contributed by atoms with van der Waals surface area (Å²) in [4.78, 5) is 28.0. The number of nitrogens with zero attached hydrogens (tertiary/aromatic N) is 4. The third-order valence-electron chi connectivity index (χ3n) is 8.00.